The monoisotopic (exact) mass is 297 g/mol. The van der Waals surface area contributed by atoms with Crippen LogP contribution in [0.4, 0.5) is 5.69 Å². The van der Waals surface area contributed by atoms with E-state index in [4.69, 9.17) is 4.74 Å². The van der Waals surface area contributed by atoms with Crippen LogP contribution in [0.25, 0.3) is 0 Å². The first kappa shape index (κ1) is 16.1. The van der Waals surface area contributed by atoms with Gasteiger partial charge < -0.3 is 10.1 Å². The number of carbonyl (C=O) groups excluding carboxylic acids is 1. The van der Waals surface area contributed by atoms with Gasteiger partial charge in [-0.25, -0.2) is 0 Å². The molecule has 0 aromatic heterocycles. The van der Waals surface area contributed by atoms with Gasteiger partial charge in [0, 0.05) is 5.69 Å². The van der Waals surface area contributed by atoms with E-state index in [2.05, 4.69) is 19.2 Å². The molecule has 0 aliphatic rings. The maximum atomic E-state index is 12.1. The van der Waals surface area contributed by atoms with E-state index in [1.54, 1.807) is 6.92 Å². The van der Waals surface area contributed by atoms with Crippen molar-refractivity contribution in [2.24, 2.45) is 0 Å². The summed E-state index contributed by atoms with van der Waals surface area (Å²) >= 11 is 0. The van der Waals surface area contributed by atoms with Crippen LogP contribution in [0, 0.1) is 6.92 Å². The number of ether oxygens (including phenoxy) is 1. The predicted molar refractivity (Wildman–Crippen MR) is 90.4 cm³/mol. The quantitative estimate of drug-likeness (QED) is 0.881. The summed E-state index contributed by atoms with van der Waals surface area (Å²) in [7, 11) is 0. The molecule has 0 aliphatic heterocycles. The number of anilines is 1. The Hall–Kier alpha value is -2.29. The summed E-state index contributed by atoms with van der Waals surface area (Å²) in [5.74, 6) is 1.03. The fourth-order valence-corrected chi connectivity index (χ4v) is 2.07. The second-order valence-corrected chi connectivity index (χ2v) is 5.84. The number of hydrogen-bond donors (Lipinski definition) is 1. The average molecular weight is 297 g/mol. The molecular weight excluding hydrogens is 274 g/mol. The number of amides is 1. The molecule has 0 heterocycles. The molecule has 0 saturated heterocycles. The van der Waals surface area contributed by atoms with Crippen molar-refractivity contribution in [3.05, 3.63) is 59.7 Å². The summed E-state index contributed by atoms with van der Waals surface area (Å²) < 4.78 is 5.69. The van der Waals surface area contributed by atoms with Gasteiger partial charge in [-0.1, -0.05) is 43.7 Å². The van der Waals surface area contributed by atoms with E-state index in [1.807, 2.05) is 55.5 Å². The topological polar surface area (TPSA) is 38.3 Å². The number of hydrogen-bond acceptors (Lipinski definition) is 2. The fraction of sp³-hybridized carbons (Fsp3) is 0.316. The molecule has 2 aromatic rings. The highest BCUT2D eigenvalue weighted by Gasteiger charge is 2.14. The second kappa shape index (κ2) is 7.12. The Labute approximate surface area is 132 Å². The van der Waals surface area contributed by atoms with Crippen molar-refractivity contribution in [1.29, 1.82) is 0 Å². The molecule has 0 bridgehead atoms. The highest BCUT2D eigenvalue weighted by Crippen LogP contribution is 2.19. The van der Waals surface area contributed by atoms with Crippen LogP contribution in [0.3, 0.4) is 0 Å². The highest BCUT2D eigenvalue weighted by atomic mass is 16.5. The SMILES string of the molecule is Cc1ccc(NC(=O)C(C)Oc2ccc(C(C)C)cc2)cc1. The van der Waals surface area contributed by atoms with Gasteiger partial charge in [0.15, 0.2) is 6.10 Å². The molecular formula is C19H23NO2. The van der Waals surface area contributed by atoms with Gasteiger partial charge in [-0.3, -0.25) is 4.79 Å². The van der Waals surface area contributed by atoms with Crippen molar-refractivity contribution in [3.63, 3.8) is 0 Å². The molecule has 1 amide bonds. The minimum absolute atomic E-state index is 0.156. The van der Waals surface area contributed by atoms with E-state index >= 15 is 0 Å². The van der Waals surface area contributed by atoms with Crippen molar-refractivity contribution in [1.82, 2.24) is 0 Å². The van der Waals surface area contributed by atoms with Crippen LogP contribution < -0.4 is 10.1 Å². The molecule has 0 spiro atoms. The molecule has 0 aliphatic carbocycles. The van der Waals surface area contributed by atoms with Crippen molar-refractivity contribution in [2.45, 2.75) is 39.7 Å². The van der Waals surface area contributed by atoms with Gasteiger partial charge in [0.05, 0.1) is 0 Å². The Bertz CT molecular complexity index is 615. The smallest absolute Gasteiger partial charge is 0.265 e. The summed E-state index contributed by atoms with van der Waals surface area (Å²) in [5.41, 5.74) is 3.19. The first-order valence-corrected chi connectivity index (χ1v) is 7.60. The fourth-order valence-electron chi connectivity index (χ4n) is 2.07. The summed E-state index contributed by atoms with van der Waals surface area (Å²) in [6, 6.07) is 15.6. The average Bonchev–Trinajstić information content (AvgIpc) is 2.50. The van der Waals surface area contributed by atoms with Crippen LogP contribution in [0.5, 0.6) is 5.75 Å². The van der Waals surface area contributed by atoms with Gasteiger partial charge in [-0.05, 0) is 49.6 Å². The zero-order chi connectivity index (χ0) is 16.1. The van der Waals surface area contributed by atoms with E-state index in [9.17, 15) is 4.79 Å². The highest BCUT2D eigenvalue weighted by molar-refractivity contribution is 5.94. The molecule has 0 radical (unpaired) electrons. The molecule has 1 unspecified atom stereocenters. The van der Waals surface area contributed by atoms with Gasteiger partial charge >= 0.3 is 0 Å². The molecule has 2 aromatic carbocycles. The maximum absolute atomic E-state index is 12.1. The van der Waals surface area contributed by atoms with Gasteiger partial charge in [0.2, 0.25) is 0 Å². The Kier molecular flexibility index (Phi) is 5.21. The normalized spacial score (nSPS) is 12.0. The van der Waals surface area contributed by atoms with Crippen LogP contribution in [-0.2, 0) is 4.79 Å². The number of carbonyl (C=O) groups is 1. The third-order valence-electron chi connectivity index (χ3n) is 3.55. The lowest BCUT2D eigenvalue weighted by molar-refractivity contribution is -0.122. The molecule has 2 rings (SSSR count). The lowest BCUT2D eigenvalue weighted by Crippen LogP contribution is -2.30. The summed E-state index contributed by atoms with van der Waals surface area (Å²) in [5, 5.41) is 2.85. The summed E-state index contributed by atoms with van der Waals surface area (Å²) in [6.07, 6.45) is -0.550. The van der Waals surface area contributed by atoms with E-state index in [0.29, 0.717) is 11.7 Å². The Morgan fingerprint density at radius 3 is 2.09 bits per heavy atom. The van der Waals surface area contributed by atoms with E-state index in [-0.39, 0.29) is 5.91 Å². The van der Waals surface area contributed by atoms with Crippen LogP contribution in [0.15, 0.2) is 48.5 Å². The standard InChI is InChI=1S/C19H23NO2/c1-13(2)16-7-11-18(12-8-16)22-15(4)19(21)20-17-9-5-14(3)6-10-17/h5-13,15H,1-4H3,(H,20,21). The summed E-state index contributed by atoms with van der Waals surface area (Å²) in [4.78, 5) is 12.1. The minimum Gasteiger partial charge on any atom is -0.481 e. The Morgan fingerprint density at radius 1 is 0.955 bits per heavy atom. The third-order valence-corrected chi connectivity index (χ3v) is 3.55. The minimum atomic E-state index is -0.550. The van der Waals surface area contributed by atoms with Crippen molar-refractivity contribution < 1.29 is 9.53 Å². The van der Waals surface area contributed by atoms with Gasteiger partial charge in [0.1, 0.15) is 5.75 Å². The first-order valence-electron chi connectivity index (χ1n) is 7.60. The number of nitrogens with one attached hydrogen (secondary N) is 1. The molecule has 1 N–H and O–H groups in total. The van der Waals surface area contributed by atoms with Gasteiger partial charge in [-0.2, -0.15) is 0 Å². The largest absolute Gasteiger partial charge is 0.481 e. The summed E-state index contributed by atoms with van der Waals surface area (Å²) in [6.45, 7) is 8.05. The van der Waals surface area contributed by atoms with Crippen molar-refractivity contribution >= 4 is 11.6 Å². The zero-order valence-corrected chi connectivity index (χ0v) is 13.6. The Balaban J connectivity index is 1.94. The number of benzene rings is 2. The molecule has 0 saturated carbocycles. The van der Waals surface area contributed by atoms with Crippen LogP contribution in [0.1, 0.15) is 37.8 Å². The number of aryl methyl sites for hydroxylation is 1. The first-order chi connectivity index (χ1) is 10.5. The van der Waals surface area contributed by atoms with Crippen LogP contribution in [0.2, 0.25) is 0 Å². The van der Waals surface area contributed by atoms with E-state index in [1.165, 1.54) is 5.56 Å². The molecule has 3 nitrogen and oxygen atoms in total. The van der Waals surface area contributed by atoms with Gasteiger partial charge in [-0.15, -0.1) is 0 Å². The maximum Gasteiger partial charge on any atom is 0.265 e. The van der Waals surface area contributed by atoms with Crippen LogP contribution >= 0.6 is 0 Å². The van der Waals surface area contributed by atoms with Gasteiger partial charge in [0.25, 0.3) is 5.91 Å². The zero-order valence-electron chi connectivity index (χ0n) is 13.6. The van der Waals surface area contributed by atoms with Crippen molar-refractivity contribution in [2.75, 3.05) is 5.32 Å². The molecule has 3 heteroatoms. The van der Waals surface area contributed by atoms with E-state index in [0.717, 1.165) is 11.3 Å². The number of rotatable bonds is 5. The second-order valence-electron chi connectivity index (χ2n) is 5.84. The van der Waals surface area contributed by atoms with Crippen LogP contribution in [-0.4, -0.2) is 12.0 Å². The van der Waals surface area contributed by atoms with Crippen molar-refractivity contribution in [3.8, 4) is 5.75 Å². The van der Waals surface area contributed by atoms with E-state index < -0.39 is 6.10 Å². The molecule has 0 fully saturated rings. The molecule has 22 heavy (non-hydrogen) atoms. The Morgan fingerprint density at radius 2 is 1.55 bits per heavy atom. The predicted octanol–water partition coefficient (Wildman–Crippen LogP) is 4.52. The lowest BCUT2D eigenvalue weighted by atomic mass is 10.0. The molecule has 1 atom stereocenters. The molecule has 116 valence electrons. The third kappa shape index (κ3) is 4.35. The lowest BCUT2D eigenvalue weighted by Gasteiger charge is -2.15.